The summed E-state index contributed by atoms with van der Waals surface area (Å²) >= 11 is 0. The molecule has 0 aromatic heterocycles. The molecule has 0 bridgehead atoms. The molecule has 100 valence electrons. The summed E-state index contributed by atoms with van der Waals surface area (Å²) in [6, 6.07) is 6.56. The number of nitrogens with zero attached hydrogens (tertiary/aromatic N) is 1. The maximum Gasteiger partial charge on any atom is 0.126 e. The van der Waals surface area contributed by atoms with E-state index >= 15 is 0 Å². The molecule has 1 aliphatic heterocycles. The van der Waals surface area contributed by atoms with Crippen molar-refractivity contribution >= 4 is 0 Å². The van der Waals surface area contributed by atoms with Crippen molar-refractivity contribution in [1.82, 2.24) is 4.90 Å². The van der Waals surface area contributed by atoms with E-state index in [9.17, 15) is 9.50 Å². The van der Waals surface area contributed by atoms with Gasteiger partial charge < -0.3 is 9.84 Å². The summed E-state index contributed by atoms with van der Waals surface area (Å²) in [6.45, 7) is 5.29. The van der Waals surface area contributed by atoms with Crippen molar-refractivity contribution in [3.8, 4) is 0 Å². The van der Waals surface area contributed by atoms with Crippen molar-refractivity contribution < 1.29 is 14.2 Å². The van der Waals surface area contributed by atoms with Gasteiger partial charge >= 0.3 is 0 Å². The second-order valence-corrected chi connectivity index (χ2v) is 4.67. The van der Waals surface area contributed by atoms with E-state index in [1.165, 1.54) is 6.07 Å². The van der Waals surface area contributed by atoms with Crippen LogP contribution in [0.5, 0.6) is 0 Å². The van der Waals surface area contributed by atoms with Crippen LogP contribution in [0.15, 0.2) is 24.3 Å². The molecule has 1 N–H and O–H groups in total. The summed E-state index contributed by atoms with van der Waals surface area (Å²) in [5.41, 5.74) is 0.544. The second kappa shape index (κ2) is 6.27. The predicted octanol–water partition coefficient (Wildman–Crippen LogP) is 1.45. The first-order valence-corrected chi connectivity index (χ1v) is 6.46. The Labute approximate surface area is 107 Å². The van der Waals surface area contributed by atoms with Gasteiger partial charge in [-0.1, -0.05) is 25.1 Å². The molecule has 0 radical (unpaired) electrons. The van der Waals surface area contributed by atoms with Gasteiger partial charge in [0, 0.05) is 19.5 Å². The molecule has 0 aliphatic carbocycles. The lowest BCUT2D eigenvalue weighted by molar-refractivity contribution is -0.0869. The van der Waals surface area contributed by atoms with Gasteiger partial charge in [-0.05, 0) is 18.2 Å². The zero-order chi connectivity index (χ0) is 13.0. The molecule has 1 fully saturated rings. The Bertz CT molecular complexity index is 386. The molecular formula is C14H20FNO2. The lowest BCUT2D eigenvalue weighted by atomic mass is 10.0. The van der Waals surface area contributed by atoms with E-state index in [1.807, 2.05) is 0 Å². The fourth-order valence-corrected chi connectivity index (χ4v) is 2.27. The van der Waals surface area contributed by atoms with Gasteiger partial charge in [0.15, 0.2) is 0 Å². The number of hydrogen-bond acceptors (Lipinski definition) is 3. The van der Waals surface area contributed by atoms with Crippen molar-refractivity contribution in [1.29, 1.82) is 0 Å². The van der Waals surface area contributed by atoms with E-state index < -0.39 is 6.10 Å². The molecule has 1 aliphatic rings. The number of aliphatic hydroxyl groups is 1. The minimum atomic E-state index is -0.656. The molecule has 1 heterocycles. The van der Waals surface area contributed by atoms with Gasteiger partial charge in [0.05, 0.1) is 18.8 Å². The van der Waals surface area contributed by atoms with Gasteiger partial charge in [0.2, 0.25) is 0 Å². The van der Waals surface area contributed by atoms with Crippen LogP contribution in [0.2, 0.25) is 0 Å². The Morgan fingerprint density at radius 3 is 3.00 bits per heavy atom. The number of rotatable bonds is 4. The van der Waals surface area contributed by atoms with Crippen molar-refractivity contribution in [3.63, 3.8) is 0 Å². The first kappa shape index (κ1) is 13.5. The lowest BCUT2D eigenvalue weighted by Crippen LogP contribution is -2.48. The topological polar surface area (TPSA) is 32.7 Å². The summed E-state index contributed by atoms with van der Waals surface area (Å²) in [6.07, 6.45) is -0.580. The van der Waals surface area contributed by atoms with Gasteiger partial charge in [-0.25, -0.2) is 4.39 Å². The summed E-state index contributed by atoms with van der Waals surface area (Å²) in [7, 11) is 0. The molecule has 0 spiro atoms. The third kappa shape index (κ3) is 3.28. The van der Waals surface area contributed by atoms with Gasteiger partial charge in [-0.3, -0.25) is 4.90 Å². The molecular weight excluding hydrogens is 233 g/mol. The van der Waals surface area contributed by atoms with Crippen LogP contribution in [0, 0.1) is 5.82 Å². The summed E-state index contributed by atoms with van der Waals surface area (Å²) in [5.74, 6) is -0.264. The van der Waals surface area contributed by atoms with Gasteiger partial charge in [0.1, 0.15) is 5.82 Å². The molecule has 18 heavy (non-hydrogen) atoms. The summed E-state index contributed by atoms with van der Waals surface area (Å²) in [4.78, 5) is 2.23. The van der Waals surface area contributed by atoms with Crippen LogP contribution in [-0.2, 0) is 11.2 Å². The monoisotopic (exact) mass is 253 g/mol. The van der Waals surface area contributed by atoms with Crippen LogP contribution in [0.1, 0.15) is 12.5 Å². The lowest BCUT2D eigenvalue weighted by Gasteiger charge is -2.34. The highest BCUT2D eigenvalue weighted by Crippen LogP contribution is 2.15. The van der Waals surface area contributed by atoms with Crippen LogP contribution in [0.4, 0.5) is 4.39 Å². The Balaban J connectivity index is 1.95. The van der Waals surface area contributed by atoms with Gasteiger partial charge in [-0.2, -0.15) is 0 Å². The summed E-state index contributed by atoms with van der Waals surface area (Å²) in [5, 5.41) is 10.1. The largest absolute Gasteiger partial charge is 0.390 e. The molecule has 2 atom stereocenters. The zero-order valence-electron chi connectivity index (χ0n) is 10.7. The number of benzene rings is 1. The third-order valence-corrected chi connectivity index (χ3v) is 3.44. The summed E-state index contributed by atoms with van der Waals surface area (Å²) < 4.78 is 19.1. The number of ether oxygens (including phenoxy) is 1. The molecule has 1 saturated heterocycles. The smallest absolute Gasteiger partial charge is 0.126 e. The first-order chi connectivity index (χ1) is 8.70. The molecule has 1 aromatic carbocycles. The van der Waals surface area contributed by atoms with E-state index in [2.05, 4.69) is 11.8 Å². The van der Waals surface area contributed by atoms with Crippen molar-refractivity contribution in [2.45, 2.75) is 25.6 Å². The predicted molar refractivity (Wildman–Crippen MR) is 68.0 cm³/mol. The van der Waals surface area contributed by atoms with Gasteiger partial charge in [0.25, 0.3) is 0 Å². The standard InChI is InChI=1S/C14H20FNO2/c1-2-16-7-8-18-14(10-16)13(17)9-11-5-3-4-6-12(11)15/h3-6,13-14,17H,2,7-10H2,1H3. The number of halogens is 1. The first-order valence-electron chi connectivity index (χ1n) is 6.46. The molecule has 2 rings (SSSR count). The highest BCUT2D eigenvalue weighted by atomic mass is 19.1. The van der Waals surface area contributed by atoms with E-state index in [1.54, 1.807) is 18.2 Å². The Kier molecular flexibility index (Phi) is 4.69. The third-order valence-electron chi connectivity index (χ3n) is 3.44. The zero-order valence-corrected chi connectivity index (χ0v) is 10.7. The molecule has 4 heteroatoms. The molecule has 0 amide bonds. The van der Waals surface area contributed by atoms with E-state index in [4.69, 9.17) is 4.74 Å². The normalized spacial score (nSPS) is 22.9. The fraction of sp³-hybridized carbons (Fsp3) is 0.571. The average molecular weight is 253 g/mol. The Hall–Kier alpha value is -0.970. The van der Waals surface area contributed by atoms with Crippen molar-refractivity contribution in [3.05, 3.63) is 35.6 Å². The molecule has 1 aromatic rings. The van der Waals surface area contributed by atoms with E-state index in [-0.39, 0.29) is 11.9 Å². The van der Waals surface area contributed by atoms with Crippen LogP contribution < -0.4 is 0 Å². The number of aliphatic hydroxyl groups excluding tert-OH is 1. The quantitative estimate of drug-likeness (QED) is 0.881. The van der Waals surface area contributed by atoms with Crippen LogP contribution in [0.3, 0.4) is 0 Å². The molecule has 0 saturated carbocycles. The van der Waals surface area contributed by atoms with E-state index in [0.29, 0.717) is 25.1 Å². The highest BCUT2D eigenvalue weighted by Gasteiger charge is 2.26. The Morgan fingerprint density at radius 2 is 2.28 bits per heavy atom. The van der Waals surface area contributed by atoms with Gasteiger partial charge in [-0.15, -0.1) is 0 Å². The van der Waals surface area contributed by atoms with Crippen molar-refractivity contribution in [2.24, 2.45) is 0 Å². The minimum absolute atomic E-state index is 0.224. The maximum absolute atomic E-state index is 13.5. The second-order valence-electron chi connectivity index (χ2n) is 4.67. The van der Waals surface area contributed by atoms with Crippen LogP contribution >= 0.6 is 0 Å². The Morgan fingerprint density at radius 1 is 1.50 bits per heavy atom. The van der Waals surface area contributed by atoms with Crippen LogP contribution in [-0.4, -0.2) is 48.5 Å². The van der Waals surface area contributed by atoms with Crippen molar-refractivity contribution in [2.75, 3.05) is 26.2 Å². The minimum Gasteiger partial charge on any atom is -0.390 e. The molecule has 2 unspecified atom stereocenters. The maximum atomic E-state index is 13.5. The number of hydrogen-bond donors (Lipinski definition) is 1. The number of likely N-dealkylation sites (N-methyl/N-ethyl adjacent to an activating group) is 1. The SMILES string of the molecule is CCN1CCOC(C(O)Cc2ccccc2F)C1. The number of morpholine rings is 1. The fourth-order valence-electron chi connectivity index (χ4n) is 2.27. The average Bonchev–Trinajstić information content (AvgIpc) is 2.41. The van der Waals surface area contributed by atoms with Crippen LogP contribution in [0.25, 0.3) is 0 Å². The van der Waals surface area contributed by atoms with E-state index in [0.717, 1.165) is 13.1 Å². The molecule has 3 nitrogen and oxygen atoms in total. The highest BCUT2D eigenvalue weighted by molar-refractivity contribution is 5.18.